The van der Waals surface area contributed by atoms with Crippen molar-refractivity contribution >= 4 is 28.9 Å². The number of nitrogens with zero attached hydrogens (tertiary/aromatic N) is 3. The maximum absolute atomic E-state index is 12.6. The summed E-state index contributed by atoms with van der Waals surface area (Å²) in [7, 11) is 0. The van der Waals surface area contributed by atoms with Crippen LogP contribution in [0.4, 0.5) is 5.95 Å². The van der Waals surface area contributed by atoms with Gasteiger partial charge < -0.3 is 9.30 Å². The molecule has 0 fully saturated rings. The number of fused-ring (bicyclic) bond motifs is 3. The number of benzene rings is 1. The topological polar surface area (TPSA) is 86.1 Å². The Morgan fingerprint density at radius 1 is 1.28 bits per heavy atom. The van der Waals surface area contributed by atoms with Crippen LogP contribution in [-0.2, 0) is 14.3 Å². The third-order valence-corrected chi connectivity index (χ3v) is 4.27. The minimum Gasteiger partial charge on any atom is -0.465 e. The van der Waals surface area contributed by atoms with E-state index in [2.05, 4.69) is 15.3 Å². The van der Waals surface area contributed by atoms with E-state index >= 15 is 0 Å². The summed E-state index contributed by atoms with van der Waals surface area (Å²) in [5, 5.41) is 2.73. The number of para-hydroxylation sites is 2. The second-order valence-electron chi connectivity index (χ2n) is 5.74. The molecule has 0 bridgehead atoms. The molecule has 1 aliphatic heterocycles. The van der Waals surface area contributed by atoms with Gasteiger partial charge in [0.15, 0.2) is 5.92 Å². The molecular formula is C18H16N4O3. The molecule has 2 atom stereocenters. The van der Waals surface area contributed by atoms with Crippen molar-refractivity contribution in [2.75, 3.05) is 11.9 Å². The van der Waals surface area contributed by atoms with E-state index in [9.17, 15) is 9.59 Å². The highest BCUT2D eigenvalue weighted by atomic mass is 16.5. The lowest BCUT2D eigenvalue weighted by Gasteiger charge is -2.31. The number of carbonyl (C=O) groups excluding carboxylic acids is 2. The number of anilines is 1. The van der Waals surface area contributed by atoms with Crippen molar-refractivity contribution in [2.45, 2.75) is 13.0 Å². The first-order valence-electron chi connectivity index (χ1n) is 8.05. The van der Waals surface area contributed by atoms with Gasteiger partial charge >= 0.3 is 5.97 Å². The molecule has 0 aliphatic carbocycles. The molecule has 7 heteroatoms. The molecule has 25 heavy (non-hydrogen) atoms. The summed E-state index contributed by atoms with van der Waals surface area (Å²) in [5.41, 5.74) is 2.33. The number of hydrogen-bond donors (Lipinski definition) is 1. The van der Waals surface area contributed by atoms with Crippen LogP contribution in [0, 0.1) is 5.92 Å². The first-order chi connectivity index (χ1) is 12.2. The summed E-state index contributed by atoms with van der Waals surface area (Å²) in [6.45, 7) is 1.93. The van der Waals surface area contributed by atoms with Gasteiger partial charge in [-0.25, -0.2) is 4.98 Å². The Morgan fingerprint density at radius 2 is 2.12 bits per heavy atom. The quantitative estimate of drug-likeness (QED) is 0.585. The van der Waals surface area contributed by atoms with E-state index in [1.54, 1.807) is 25.4 Å². The van der Waals surface area contributed by atoms with E-state index in [0.29, 0.717) is 5.95 Å². The Labute approximate surface area is 143 Å². The summed E-state index contributed by atoms with van der Waals surface area (Å²) in [5.74, 6) is -1.57. The molecule has 1 aliphatic rings. The SMILES string of the molecule is CCOC(=O)[C@@H]1C(=O)Nc2nc3ccccc3n2[C@@H]1c1cccnc1. The van der Waals surface area contributed by atoms with Gasteiger partial charge in [0.2, 0.25) is 11.9 Å². The van der Waals surface area contributed by atoms with E-state index in [1.807, 2.05) is 34.9 Å². The molecule has 0 saturated carbocycles. The molecule has 0 saturated heterocycles. The van der Waals surface area contributed by atoms with E-state index in [1.165, 1.54) is 0 Å². The normalized spacial score (nSPS) is 19.3. The number of esters is 1. The minimum absolute atomic E-state index is 0.208. The summed E-state index contributed by atoms with van der Waals surface area (Å²) >= 11 is 0. The van der Waals surface area contributed by atoms with Crippen LogP contribution in [0.15, 0.2) is 48.8 Å². The standard InChI is InChI=1S/C18H16N4O3/c1-2-25-17(24)14-15(11-6-5-9-19-10-11)22-13-8-4-3-7-12(13)20-18(22)21-16(14)23/h3-10,14-15H,2H2,1H3,(H,20,21,23)/t14-,15+/m0/s1. The van der Waals surface area contributed by atoms with Gasteiger partial charge in [0, 0.05) is 12.4 Å². The second-order valence-corrected chi connectivity index (χ2v) is 5.74. The van der Waals surface area contributed by atoms with Crippen LogP contribution in [-0.4, -0.2) is 33.0 Å². The number of amides is 1. The Bertz CT molecular complexity index is 951. The maximum atomic E-state index is 12.6. The summed E-state index contributed by atoms with van der Waals surface area (Å²) in [6, 6.07) is 10.6. The third-order valence-electron chi connectivity index (χ3n) is 4.27. The number of nitrogens with one attached hydrogen (secondary N) is 1. The van der Waals surface area contributed by atoms with Crippen LogP contribution in [0.1, 0.15) is 18.5 Å². The van der Waals surface area contributed by atoms with Crippen molar-refractivity contribution in [1.82, 2.24) is 14.5 Å². The Hall–Kier alpha value is -3.22. The number of ether oxygens (including phenoxy) is 1. The van der Waals surface area contributed by atoms with Crippen LogP contribution in [0.25, 0.3) is 11.0 Å². The average Bonchev–Trinajstić information content (AvgIpc) is 2.99. The zero-order valence-corrected chi connectivity index (χ0v) is 13.5. The molecule has 0 spiro atoms. The predicted molar refractivity (Wildman–Crippen MR) is 90.9 cm³/mol. The van der Waals surface area contributed by atoms with Gasteiger partial charge in [-0.05, 0) is 30.7 Å². The van der Waals surface area contributed by atoms with Gasteiger partial charge in [0.25, 0.3) is 0 Å². The smallest absolute Gasteiger partial charge is 0.321 e. The first kappa shape index (κ1) is 15.3. The van der Waals surface area contributed by atoms with Gasteiger partial charge in [0.05, 0.1) is 23.7 Å². The molecule has 2 aromatic heterocycles. The minimum atomic E-state index is -1.01. The fourth-order valence-corrected chi connectivity index (χ4v) is 3.26. The van der Waals surface area contributed by atoms with Crippen molar-refractivity contribution < 1.29 is 14.3 Å². The van der Waals surface area contributed by atoms with Gasteiger partial charge in [-0.2, -0.15) is 0 Å². The van der Waals surface area contributed by atoms with Crippen LogP contribution < -0.4 is 5.32 Å². The van der Waals surface area contributed by atoms with Crippen molar-refractivity contribution in [3.8, 4) is 0 Å². The van der Waals surface area contributed by atoms with Crippen LogP contribution in [0.3, 0.4) is 0 Å². The summed E-state index contributed by atoms with van der Waals surface area (Å²) < 4.78 is 7.02. The highest BCUT2D eigenvalue weighted by Gasteiger charge is 2.44. The molecule has 3 heterocycles. The van der Waals surface area contributed by atoms with Crippen LogP contribution in [0.2, 0.25) is 0 Å². The maximum Gasteiger partial charge on any atom is 0.321 e. The molecular weight excluding hydrogens is 320 g/mol. The van der Waals surface area contributed by atoms with Crippen molar-refractivity contribution in [1.29, 1.82) is 0 Å². The fraction of sp³-hybridized carbons (Fsp3) is 0.222. The zero-order chi connectivity index (χ0) is 17.4. The molecule has 1 aromatic carbocycles. The van der Waals surface area contributed by atoms with Gasteiger partial charge in [0.1, 0.15) is 0 Å². The average molecular weight is 336 g/mol. The molecule has 4 rings (SSSR count). The molecule has 1 N–H and O–H groups in total. The molecule has 1 amide bonds. The molecule has 0 unspecified atom stereocenters. The van der Waals surface area contributed by atoms with E-state index < -0.39 is 23.8 Å². The van der Waals surface area contributed by atoms with Gasteiger partial charge in [-0.1, -0.05) is 18.2 Å². The van der Waals surface area contributed by atoms with Crippen molar-refractivity contribution in [3.63, 3.8) is 0 Å². The molecule has 126 valence electrons. The Balaban J connectivity index is 1.96. The number of hydrogen-bond acceptors (Lipinski definition) is 5. The molecule has 0 radical (unpaired) electrons. The lowest BCUT2D eigenvalue weighted by molar-refractivity contribution is -0.152. The summed E-state index contributed by atoms with van der Waals surface area (Å²) in [6.07, 6.45) is 3.31. The zero-order valence-electron chi connectivity index (χ0n) is 13.5. The lowest BCUT2D eigenvalue weighted by atomic mass is 9.91. The Morgan fingerprint density at radius 3 is 2.88 bits per heavy atom. The van der Waals surface area contributed by atoms with Gasteiger partial charge in [-0.3, -0.25) is 19.9 Å². The number of carbonyl (C=O) groups is 2. The van der Waals surface area contributed by atoms with Crippen LogP contribution >= 0.6 is 0 Å². The molecule has 3 aromatic rings. The summed E-state index contributed by atoms with van der Waals surface area (Å²) in [4.78, 5) is 33.8. The van der Waals surface area contributed by atoms with E-state index in [4.69, 9.17) is 4.74 Å². The largest absolute Gasteiger partial charge is 0.465 e. The molecule has 7 nitrogen and oxygen atoms in total. The highest BCUT2D eigenvalue weighted by Crippen LogP contribution is 2.38. The number of aromatic nitrogens is 3. The van der Waals surface area contributed by atoms with Gasteiger partial charge in [-0.15, -0.1) is 0 Å². The van der Waals surface area contributed by atoms with E-state index in [0.717, 1.165) is 16.6 Å². The number of rotatable bonds is 3. The lowest BCUT2D eigenvalue weighted by Crippen LogP contribution is -2.43. The van der Waals surface area contributed by atoms with Crippen molar-refractivity contribution in [3.05, 3.63) is 54.4 Å². The number of pyridine rings is 1. The third kappa shape index (κ3) is 2.44. The second kappa shape index (κ2) is 6.01. The van der Waals surface area contributed by atoms with Crippen molar-refractivity contribution in [2.24, 2.45) is 5.92 Å². The van der Waals surface area contributed by atoms with E-state index in [-0.39, 0.29) is 6.61 Å². The highest BCUT2D eigenvalue weighted by molar-refractivity contribution is 6.07. The number of imidazole rings is 1. The first-order valence-corrected chi connectivity index (χ1v) is 8.05. The fourth-order valence-electron chi connectivity index (χ4n) is 3.26. The monoisotopic (exact) mass is 336 g/mol. The van der Waals surface area contributed by atoms with Crippen LogP contribution in [0.5, 0.6) is 0 Å². The Kier molecular flexibility index (Phi) is 3.68. The predicted octanol–water partition coefficient (Wildman–Crippen LogP) is 2.15.